The highest BCUT2D eigenvalue weighted by Crippen LogP contribution is 2.42. The second kappa shape index (κ2) is 10.6. The van der Waals surface area contributed by atoms with Crippen molar-refractivity contribution in [3.63, 3.8) is 0 Å². The Bertz CT molecular complexity index is 1420. The van der Waals surface area contributed by atoms with Crippen LogP contribution in [0.3, 0.4) is 0 Å². The van der Waals surface area contributed by atoms with Gasteiger partial charge in [-0.25, -0.2) is 8.42 Å². The van der Waals surface area contributed by atoms with Gasteiger partial charge in [0.05, 0.1) is 18.8 Å². The van der Waals surface area contributed by atoms with E-state index in [0.29, 0.717) is 28.1 Å². The Morgan fingerprint density at radius 2 is 1.62 bits per heavy atom. The Hall–Kier alpha value is -3.84. The maximum Gasteiger partial charge on any atom is 0.270 e. The summed E-state index contributed by atoms with van der Waals surface area (Å²) < 4.78 is 34.6. The number of carbonyl (C=O) groups excluding carboxylic acids is 1. The zero-order valence-electron chi connectivity index (χ0n) is 21.4. The maximum atomic E-state index is 13.8. The van der Waals surface area contributed by atoms with Gasteiger partial charge in [0.15, 0.2) is 4.91 Å². The van der Waals surface area contributed by atoms with Crippen LogP contribution in [0, 0.1) is 0 Å². The van der Waals surface area contributed by atoms with Crippen LogP contribution in [0.15, 0.2) is 96.4 Å². The number of nitrogens with zero attached hydrogens (tertiary/aromatic N) is 1. The van der Waals surface area contributed by atoms with E-state index < -0.39 is 15.9 Å². The number of nitrogens with one attached hydrogen (secondary N) is 1. The van der Waals surface area contributed by atoms with Gasteiger partial charge in [-0.05, 0) is 34.7 Å². The molecule has 6 nitrogen and oxygen atoms in total. The van der Waals surface area contributed by atoms with Crippen LogP contribution in [-0.2, 0) is 20.2 Å². The predicted octanol–water partition coefficient (Wildman–Crippen LogP) is 5.27. The van der Waals surface area contributed by atoms with E-state index >= 15 is 0 Å². The topological polar surface area (TPSA) is 75.7 Å². The molecule has 0 aromatic heterocycles. The summed E-state index contributed by atoms with van der Waals surface area (Å²) in [6.45, 7) is 10.5. The van der Waals surface area contributed by atoms with Gasteiger partial charge < -0.3 is 10.1 Å². The molecule has 4 rings (SSSR count). The third-order valence-electron chi connectivity index (χ3n) is 6.16. The Balaban J connectivity index is 1.61. The minimum Gasteiger partial charge on any atom is -0.492 e. The van der Waals surface area contributed by atoms with Crippen molar-refractivity contribution in [3.05, 3.63) is 113 Å². The van der Waals surface area contributed by atoms with Crippen molar-refractivity contribution in [2.24, 2.45) is 0 Å². The van der Waals surface area contributed by atoms with E-state index in [1.807, 2.05) is 66.7 Å². The zero-order chi connectivity index (χ0) is 26.6. The Morgan fingerprint density at radius 1 is 0.973 bits per heavy atom. The first-order valence-corrected chi connectivity index (χ1v) is 13.6. The number of hydrogen-bond acceptors (Lipinski definition) is 4. The van der Waals surface area contributed by atoms with Crippen LogP contribution in [0.25, 0.3) is 5.57 Å². The van der Waals surface area contributed by atoms with E-state index in [9.17, 15) is 13.2 Å². The van der Waals surface area contributed by atoms with Gasteiger partial charge in [-0.1, -0.05) is 87.5 Å². The monoisotopic (exact) mass is 516 g/mol. The molecule has 0 spiro atoms. The molecular weight excluding hydrogens is 484 g/mol. The summed E-state index contributed by atoms with van der Waals surface area (Å²) in [5.41, 5.74) is 3.45. The molecule has 0 unspecified atom stereocenters. The van der Waals surface area contributed by atoms with Crippen LogP contribution in [-0.4, -0.2) is 34.0 Å². The number of ether oxygens (including phenoxy) is 1. The van der Waals surface area contributed by atoms with Crippen LogP contribution in [0.5, 0.6) is 5.75 Å². The summed E-state index contributed by atoms with van der Waals surface area (Å²) in [5.74, 6) is 0.0110. The van der Waals surface area contributed by atoms with Crippen molar-refractivity contribution in [1.29, 1.82) is 0 Å². The van der Waals surface area contributed by atoms with E-state index in [1.54, 1.807) is 12.1 Å². The predicted molar refractivity (Wildman–Crippen MR) is 149 cm³/mol. The minimum absolute atomic E-state index is 0.0419. The fourth-order valence-corrected chi connectivity index (χ4v) is 6.03. The molecule has 0 bridgehead atoms. The van der Waals surface area contributed by atoms with Crippen molar-refractivity contribution in [1.82, 2.24) is 5.32 Å². The molecule has 37 heavy (non-hydrogen) atoms. The second-order valence-electron chi connectivity index (χ2n) is 9.79. The molecule has 1 N–H and O–H groups in total. The zero-order valence-corrected chi connectivity index (χ0v) is 22.2. The molecule has 7 heteroatoms. The number of anilines is 1. The van der Waals surface area contributed by atoms with E-state index in [1.165, 1.54) is 15.9 Å². The fourth-order valence-electron chi connectivity index (χ4n) is 4.29. The van der Waals surface area contributed by atoms with Gasteiger partial charge >= 0.3 is 0 Å². The van der Waals surface area contributed by atoms with E-state index in [2.05, 4.69) is 32.7 Å². The summed E-state index contributed by atoms with van der Waals surface area (Å²) in [4.78, 5) is 13.2. The van der Waals surface area contributed by atoms with Crippen molar-refractivity contribution in [2.75, 3.05) is 24.0 Å². The molecule has 3 aromatic carbocycles. The highest BCUT2D eigenvalue weighted by molar-refractivity contribution is 7.97. The van der Waals surface area contributed by atoms with Gasteiger partial charge in [-0.3, -0.25) is 9.10 Å². The van der Waals surface area contributed by atoms with E-state index in [4.69, 9.17) is 4.74 Å². The third kappa shape index (κ3) is 5.47. The quantitative estimate of drug-likeness (QED) is 0.327. The smallest absolute Gasteiger partial charge is 0.270 e. The first-order valence-electron chi connectivity index (χ1n) is 12.2. The molecule has 0 radical (unpaired) electrons. The lowest BCUT2D eigenvalue weighted by atomic mass is 9.87. The lowest BCUT2D eigenvalue weighted by Crippen LogP contribution is -2.42. The molecule has 0 fully saturated rings. The maximum absolute atomic E-state index is 13.8. The van der Waals surface area contributed by atoms with Crippen LogP contribution in [0.1, 0.15) is 37.5 Å². The van der Waals surface area contributed by atoms with Crippen LogP contribution >= 0.6 is 0 Å². The average molecular weight is 517 g/mol. The van der Waals surface area contributed by atoms with Crippen molar-refractivity contribution in [3.8, 4) is 5.75 Å². The third-order valence-corrected chi connectivity index (χ3v) is 7.99. The molecule has 1 heterocycles. The number of benzene rings is 3. The molecule has 0 aliphatic carbocycles. The summed E-state index contributed by atoms with van der Waals surface area (Å²) in [6.07, 6.45) is 1.51. The van der Waals surface area contributed by atoms with Gasteiger partial charge in [-0.15, -0.1) is 6.58 Å². The number of fused-ring (bicyclic) bond motifs is 1. The first-order chi connectivity index (χ1) is 17.6. The normalized spacial score (nSPS) is 14.6. The Labute approximate surface area is 219 Å². The minimum atomic E-state index is -4.16. The second-order valence-corrected chi connectivity index (χ2v) is 11.6. The average Bonchev–Trinajstić information content (AvgIpc) is 2.88. The molecule has 0 atom stereocenters. The SMILES string of the molecule is C=CCN1c2ccccc2C(c2ccccc2)=C(C(=O)NCCOc2ccc(C(C)(C)C)cc2)S1(=O)=O. The van der Waals surface area contributed by atoms with Crippen LogP contribution in [0.4, 0.5) is 5.69 Å². The summed E-state index contributed by atoms with van der Waals surface area (Å²) >= 11 is 0. The molecule has 1 amide bonds. The van der Waals surface area contributed by atoms with Gasteiger partial charge in [0.25, 0.3) is 15.9 Å². The largest absolute Gasteiger partial charge is 0.492 e. The van der Waals surface area contributed by atoms with Crippen LogP contribution in [0.2, 0.25) is 0 Å². The standard InChI is InChI=1S/C30H32N2O4S/c1-5-20-32-26-14-10-9-13-25(26)27(22-11-7-6-8-12-22)28(37(32,34)35)29(33)31-19-21-36-24-17-15-23(16-18-24)30(2,3)4/h5-18H,1,19-21H2,2-4H3,(H,31,33). The van der Waals surface area contributed by atoms with Crippen molar-refractivity contribution < 1.29 is 17.9 Å². The molecular formula is C30H32N2O4S. The number of rotatable bonds is 8. The van der Waals surface area contributed by atoms with Crippen molar-refractivity contribution >= 4 is 27.2 Å². The van der Waals surface area contributed by atoms with Gasteiger partial charge in [-0.2, -0.15) is 0 Å². The molecule has 0 saturated carbocycles. The Kier molecular flexibility index (Phi) is 7.55. The summed E-state index contributed by atoms with van der Waals surface area (Å²) in [5, 5.41) is 2.75. The van der Waals surface area contributed by atoms with Gasteiger partial charge in [0, 0.05) is 11.1 Å². The molecule has 192 valence electrons. The highest BCUT2D eigenvalue weighted by Gasteiger charge is 2.40. The number of amides is 1. The van der Waals surface area contributed by atoms with E-state index in [-0.39, 0.29) is 30.0 Å². The van der Waals surface area contributed by atoms with Crippen molar-refractivity contribution in [2.45, 2.75) is 26.2 Å². The van der Waals surface area contributed by atoms with Gasteiger partial charge in [0.2, 0.25) is 0 Å². The number of sulfonamides is 1. The fraction of sp³-hybridized carbons (Fsp3) is 0.233. The molecule has 1 aliphatic heterocycles. The van der Waals surface area contributed by atoms with Gasteiger partial charge in [0.1, 0.15) is 12.4 Å². The number of hydrogen-bond donors (Lipinski definition) is 1. The number of para-hydroxylation sites is 1. The Morgan fingerprint density at radius 3 is 2.27 bits per heavy atom. The highest BCUT2D eigenvalue weighted by atomic mass is 32.2. The number of carbonyl (C=O) groups is 1. The van der Waals surface area contributed by atoms with Crippen LogP contribution < -0.4 is 14.4 Å². The molecule has 1 aliphatic rings. The first kappa shape index (κ1) is 26.2. The van der Waals surface area contributed by atoms with E-state index in [0.717, 1.165) is 0 Å². The summed E-state index contributed by atoms with van der Waals surface area (Å²) in [7, 11) is -4.16. The molecule has 3 aromatic rings. The lowest BCUT2D eigenvalue weighted by Gasteiger charge is -2.32. The lowest BCUT2D eigenvalue weighted by molar-refractivity contribution is -0.116. The molecule has 0 saturated heterocycles. The summed E-state index contributed by atoms with van der Waals surface area (Å²) in [6, 6.07) is 24.1.